The van der Waals surface area contributed by atoms with E-state index in [9.17, 15) is 27.9 Å². The summed E-state index contributed by atoms with van der Waals surface area (Å²) >= 11 is 0. The third-order valence-electron chi connectivity index (χ3n) is 2.97. The Hall–Kier alpha value is -3.23. The number of carbonyl (C=O) groups excluding carboxylic acids is 1. The Balaban J connectivity index is 2.15. The van der Waals surface area contributed by atoms with Gasteiger partial charge in [-0.1, -0.05) is 12.1 Å². The average molecular weight is 340 g/mol. The molecule has 0 aromatic heterocycles. The van der Waals surface area contributed by atoms with Crippen molar-refractivity contribution < 1.29 is 33.0 Å². The maximum absolute atomic E-state index is 12.8. The summed E-state index contributed by atoms with van der Waals surface area (Å²) in [4.78, 5) is 22.6. The van der Waals surface area contributed by atoms with Crippen LogP contribution in [-0.4, -0.2) is 22.2 Å². The van der Waals surface area contributed by atoms with Gasteiger partial charge in [0.2, 0.25) is 0 Å². The summed E-state index contributed by atoms with van der Waals surface area (Å²) in [7, 11) is 0. The lowest BCUT2D eigenvalue weighted by Gasteiger charge is -2.14. The molecule has 0 unspecified atom stereocenters. The Morgan fingerprint density at radius 1 is 1.00 bits per heavy atom. The summed E-state index contributed by atoms with van der Waals surface area (Å²) in [6.45, 7) is 0. The number of phenols is 1. The highest BCUT2D eigenvalue weighted by molar-refractivity contribution is 6.01. The molecular formula is C15H11F3N2O4. The Bertz CT molecular complexity index is 791. The number of carboxylic acid groups (broad SMARTS) is 1. The van der Waals surface area contributed by atoms with Gasteiger partial charge in [-0.15, -0.1) is 0 Å². The fourth-order valence-electron chi connectivity index (χ4n) is 1.91. The first-order valence-corrected chi connectivity index (χ1v) is 6.49. The molecule has 6 nitrogen and oxygen atoms in total. The van der Waals surface area contributed by atoms with Gasteiger partial charge in [0.25, 0.3) is 0 Å². The summed E-state index contributed by atoms with van der Waals surface area (Å²) in [5.74, 6) is -1.95. The van der Waals surface area contributed by atoms with Crippen LogP contribution < -0.4 is 10.6 Å². The third-order valence-corrected chi connectivity index (χ3v) is 2.97. The van der Waals surface area contributed by atoms with Crippen LogP contribution in [-0.2, 0) is 6.18 Å². The van der Waals surface area contributed by atoms with Gasteiger partial charge in [-0.3, -0.25) is 0 Å². The number of para-hydroxylation sites is 1. The van der Waals surface area contributed by atoms with Crippen molar-refractivity contribution in [3.63, 3.8) is 0 Å². The number of amides is 2. The van der Waals surface area contributed by atoms with Crippen LogP contribution in [0.15, 0.2) is 42.5 Å². The average Bonchev–Trinajstić information content (AvgIpc) is 2.46. The predicted octanol–water partition coefficient (Wildman–Crippen LogP) is 3.75. The lowest BCUT2D eigenvalue weighted by atomic mass is 10.1. The number of carboxylic acids is 1. The number of halogens is 3. The highest BCUT2D eigenvalue weighted by Gasteiger charge is 2.33. The number of aromatic carboxylic acids is 1. The molecule has 0 saturated carbocycles. The van der Waals surface area contributed by atoms with Crippen LogP contribution in [0, 0.1) is 0 Å². The van der Waals surface area contributed by atoms with Crippen LogP contribution in [0.4, 0.5) is 29.3 Å². The van der Waals surface area contributed by atoms with E-state index in [4.69, 9.17) is 5.11 Å². The predicted molar refractivity (Wildman–Crippen MR) is 79.2 cm³/mol. The molecule has 4 N–H and O–H groups in total. The van der Waals surface area contributed by atoms with Gasteiger partial charge in [0, 0.05) is 11.8 Å². The van der Waals surface area contributed by atoms with Gasteiger partial charge in [0.1, 0.15) is 11.3 Å². The van der Waals surface area contributed by atoms with Crippen molar-refractivity contribution in [1.29, 1.82) is 0 Å². The summed E-state index contributed by atoms with van der Waals surface area (Å²) in [6, 6.07) is 6.67. The van der Waals surface area contributed by atoms with Gasteiger partial charge >= 0.3 is 18.2 Å². The fraction of sp³-hybridized carbons (Fsp3) is 0.0667. The minimum Gasteiger partial charge on any atom is -0.507 e. The maximum atomic E-state index is 12.8. The molecule has 2 rings (SSSR count). The second-order valence-electron chi connectivity index (χ2n) is 4.66. The van der Waals surface area contributed by atoms with Gasteiger partial charge in [0.05, 0.1) is 11.3 Å². The number of aromatic hydroxyl groups is 1. The first-order chi connectivity index (χ1) is 11.2. The zero-order chi connectivity index (χ0) is 17.9. The molecule has 0 saturated heterocycles. The SMILES string of the molecule is O=C(Nc1ccc(C(=O)O)c(O)c1)Nc1ccccc1C(F)(F)F. The molecule has 2 aromatic carbocycles. The molecule has 0 aliphatic carbocycles. The number of alkyl halides is 3. The summed E-state index contributed by atoms with van der Waals surface area (Å²) in [5, 5.41) is 22.5. The zero-order valence-electron chi connectivity index (χ0n) is 11.9. The molecule has 0 spiro atoms. The monoisotopic (exact) mass is 340 g/mol. The van der Waals surface area contributed by atoms with Gasteiger partial charge < -0.3 is 20.8 Å². The lowest BCUT2D eigenvalue weighted by Crippen LogP contribution is -2.21. The van der Waals surface area contributed by atoms with Crippen molar-refractivity contribution in [2.24, 2.45) is 0 Å². The highest BCUT2D eigenvalue weighted by atomic mass is 19.4. The van der Waals surface area contributed by atoms with Crippen molar-refractivity contribution in [2.45, 2.75) is 6.18 Å². The maximum Gasteiger partial charge on any atom is 0.418 e. The topological polar surface area (TPSA) is 98.7 Å². The van der Waals surface area contributed by atoms with Crippen LogP contribution in [0.25, 0.3) is 0 Å². The largest absolute Gasteiger partial charge is 0.507 e. The summed E-state index contributed by atoms with van der Waals surface area (Å²) in [6.07, 6.45) is -4.63. The van der Waals surface area contributed by atoms with Crippen molar-refractivity contribution in [1.82, 2.24) is 0 Å². The number of rotatable bonds is 3. The van der Waals surface area contributed by atoms with Crippen LogP contribution in [0.1, 0.15) is 15.9 Å². The fourth-order valence-corrected chi connectivity index (χ4v) is 1.91. The van der Waals surface area contributed by atoms with E-state index in [1.54, 1.807) is 0 Å². The smallest absolute Gasteiger partial charge is 0.418 e. The van der Waals surface area contributed by atoms with E-state index >= 15 is 0 Å². The van der Waals surface area contributed by atoms with E-state index in [1.165, 1.54) is 18.2 Å². The molecule has 24 heavy (non-hydrogen) atoms. The number of anilines is 2. The van der Waals surface area contributed by atoms with Gasteiger partial charge in [-0.25, -0.2) is 9.59 Å². The molecule has 0 fully saturated rings. The first-order valence-electron chi connectivity index (χ1n) is 6.49. The van der Waals surface area contributed by atoms with E-state index in [2.05, 4.69) is 10.6 Å². The molecule has 0 radical (unpaired) electrons. The van der Waals surface area contributed by atoms with Crippen molar-refractivity contribution in [3.8, 4) is 5.75 Å². The normalized spacial score (nSPS) is 11.0. The first kappa shape index (κ1) is 17.1. The molecule has 0 heterocycles. The second-order valence-corrected chi connectivity index (χ2v) is 4.66. The summed E-state index contributed by atoms with van der Waals surface area (Å²) < 4.78 is 38.5. The molecule has 2 aromatic rings. The second kappa shape index (κ2) is 6.49. The number of benzene rings is 2. The molecule has 126 valence electrons. The standard InChI is InChI=1S/C15H11F3N2O4/c16-15(17,18)10-3-1-2-4-11(10)20-14(24)19-8-5-6-9(13(22)23)12(21)7-8/h1-7,21H,(H,22,23)(H2,19,20,24). The van der Waals surface area contributed by atoms with Gasteiger partial charge in [-0.05, 0) is 24.3 Å². The Labute approximate surface area is 133 Å². The van der Waals surface area contributed by atoms with Crippen LogP contribution in [0.3, 0.4) is 0 Å². The molecule has 9 heteroatoms. The Kier molecular flexibility index (Phi) is 4.63. The summed E-state index contributed by atoms with van der Waals surface area (Å²) in [5.41, 5.74) is -1.80. The number of urea groups is 1. The number of hydrogen-bond donors (Lipinski definition) is 4. The van der Waals surface area contributed by atoms with Crippen molar-refractivity contribution in [3.05, 3.63) is 53.6 Å². The zero-order valence-corrected chi connectivity index (χ0v) is 11.9. The molecule has 0 aliphatic rings. The quantitative estimate of drug-likeness (QED) is 0.684. The van der Waals surface area contributed by atoms with Crippen LogP contribution in [0.2, 0.25) is 0 Å². The Morgan fingerprint density at radius 3 is 2.25 bits per heavy atom. The van der Waals surface area contributed by atoms with Crippen molar-refractivity contribution >= 4 is 23.4 Å². The van der Waals surface area contributed by atoms with E-state index < -0.39 is 35.2 Å². The lowest BCUT2D eigenvalue weighted by molar-refractivity contribution is -0.136. The van der Waals surface area contributed by atoms with Gasteiger partial charge in [0.15, 0.2) is 0 Å². The van der Waals surface area contributed by atoms with E-state index in [1.807, 2.05) is 0 Å². The molecule has 0 bridgehead atoms. The highest BCUT2D eigenvalue weighted by Crippen LogP contribution is 2.34. The molecular weight excluding hydrogens is 329 g/mol. The minimum absolute atomic E-state index is 0.0134. The number of nitrogens with one attached hydrogen (secondary N) is 2. The van der Waals surface area contributed by atoms with E-state index in [0.29, 0.717) is 0 Å². The minimum atomic E-state index is -4.63. The van der Waals surface area contributed by atoms with Crippen molar-refractivity contribution in [2.75, 3.05) is 10.6 Å². The molecule has 0 atom stereocenters. The third kappa shape index (κ3) is 3.94. The van der Waals surface area contributed by atoms with Crippen LogP contribution >= 0.6 is 0 Å². The molecule has 2 amide bonds. The van der Waals surface area contributed by atoms with E-state index in [-0.39, 0.29) is 11.3 Å². The molecule has 0 aliphatic heterocycles. The van der Waals surface area contributed by atoms with Gasteiger partial charge in [-0.2, -0.15) is 13.2 Å². The number of carbonyl (C=O) groups is 2. The number of hydrogen-bond acceptors (Lipinski definition) is 3. The van der Waals surface area contributed by atoms with E-state index in [0.717, 1.165) is 24.3 Å². The van der Waals surface area contributed by atoms with Crippen LogP contribution in [0.5, 0.6) is 5.75 Å². The Morgan fingerprint density at radius 2 is 1.67 bits per heavy atom.